The van der Waals surface area contributed by atoms with E-state index in [0.717, 1.165) is 87.8 Å². The molecule has 1 unspecified atom stereocenters. The Labute approximate surface area is 210 Å². The van der Waals surface area contributed by atoms with Gasteiger partial charge in [-0.15, -0.1) is 0 Å². The summed E-state index contributed by atoms with van der Waals surface area (Å²) in [6, 6.07) is 6.70. The lowest BCUT2D eigenvalue weighted by Crippen LogP contribution is -2.56. The number of nitrogens with zero attached hydrogens (tertiary/aromatic N) is 3. The molecule has 1 atom stereocenters. The molecule has 0 aliphatic carbocycles. The second-order valence-electron chi connectivity index (χ2n) is 10.6. The molecule has 0 aromatic heterocycles. The summed E-state index contributed by atoms with van der Waals surface area (Å²) in [4.78, 5) is 32.5. The van der Waals surface area contributed by atoms with Crippen LogP contribution < -0.4 is 0 Å². The van der Waals surface area contributed by atoms with Gasteiger partial charge in [0.15, 0.2) is 0 Å². The molecule has 1 aromatic carbocycles. The van der Waals surface area contributed by atoms with Crippen molar-refractivity contribution in [2.75, 3.05) is 46.4 Å². The van der Waals surface area contributed by atoms with Gasteiger partial charge in [-0.25, -0.2) is 4.79 Å². The Hall–Kier alpha value is -2.12. The Morgan fingerprint density at radius 2 is 1.77 bits per heavy atom. The molecule has 7 nitrogen and oxygen atoms in total. The van der Waals surface area contributed by atoms with Crippen molar-refractivity contribution in [1.29, 1.82) is 0 Å². The fraction of sp³-hybridized carbons (Fsp3) is 0.714. The van der Waals surface area contributed by atoms with Gasteiger partial charge in [0.2, 0.25) is 0 Å². The van der Waals surface area contributed by atoms with Crippen LogP contribution in [-0.2, 0) is 9.47 Å². The van der Waals surface area contributed by atoms with Crippen LogP contribution in [0.1, 0.15) is 73.4 Å². The predicted molar refractivity (Wildman–Crippen MR) is 137 cm³/mol. The van der Waals surface area contributed by atoms with E-state index in [-0.39, 0.29) is 23.6 Å². The molecule has 1 spiro atoms. The number of aryl methyl sites for hydroxylation is 2. The highest BCUT2D eigenvalue weighted by Crippen LogP contribution is 2.41. The average Bonchev–Trinajstić information content (AvgIpc) is 3.11. The minimum absolute atomic E-state index is 0.143. The Morgan fingerprint density at radius 1 is 1.11 bits per heavy atom. The van der Waals surface area contributed by atoms with Gasteiger partial charge in [0.25, 0.3) is 5.91 Å². The van der Waals surface area contributed by atoms with Crippen LogP contribution in [0.5, 0.6) is 0 Å². The fourth-order valence-electron chi connectivity index (χ4n) is 6.41. The van der Waals surface area contributed by atoms with Crippen molar-refractivity contribution in [3.63, 3.8) is 0 Å². The highest BCUT2D eigenvalue weighted by molar-refractivity contribution is 5.97. The van der Waals surface area contributed by atoms with Crippen LogP contribution in [0.3, 0.4) is 0 Å². The monoisotopic (exact) mass is 485 g/mol. The van der Waals surface area contributed by atoms with E-state index >= 15 is 0 Å². The maximum Gasteiger partial charge on any atom is 0.410 e. The van der Waals surface area contributed by atoms with Crippen molar-refractivity contribution in [2.24, 2.45) is 0 Å². The quantitative estimate of drug-likeness (QED) is 0.546. The van der Waals surface area contributed by atoms with Crippen LogP contribution in [0.4, 0.5) is 4.79 Å². The van der Waals surface area contributed by atoms with Crippen molar-refractivity contribution < 1.29 is 19.1 Å². The van der Waals surface area contributed by atoms with E-state index in [1.807, 2.05) is 41.8 Å². The lowest BCUT2D eigenvalue weighted by Gasteiger charge is -2.46. The van der Waals surface area contributed by atoms with E-state index in [9.17, 15) is 9.59 Å². The largest absolute Gasteiger partial charge is 0.440 e. The third-order valence-electron chi connectivity index (χ3n) is 8.48. The number of hydrogen-bond donors (Lipinski definition) is 0. The van der Waals surface area contributed by atoms with Gasteiger partial charge in [-0.2, -0.15) is 0 Å². The minimum Gasteiger partial charge on any atom is -0.440 e. The molecule has 3 saturated heterocycles. The molecule has 0 bridgehead atoms. The zero-order valence-corrected chi connectivity index (χ0v) is 22.1. The summed E-state index contributed by atoms with van der Waals surface area (Å²) in [5, 5.41) is 0. The Bertz CT molecular complexity index is 868. The number of carbonyl (C=O) groups excluding carboxylic acids is 2. The van der Waals surface area contributed by atoms with Gasteiger partial charge in [-0.05, 0) is 44.2 Å². The Morgan fingerprint density at radius 3 is 2.37 bits per heavy atom. The fourth-order valence-corrected chi connectivity index (χ4v) is 6.41. The summed E-state index contributed by atoms with van der Waals surface area (Å²) in [7, 11) is 1.68. The first-order chi connectivity index (χ1) is 16.9. The van der Waals surface area contributed by atoms with Crippen LogP contribution in [-0.4, -0.2) is 90.8 Å². The SMILES string of the molecule is CCCCC1N(CCOC)C(=O)OC12CCN(C1CCN(C(=O)c3c(C)cccc3C)CC1)CC2. The van der Waals surface area contributed by atoms with E-state index in [4.69, 9.17) is 9.47 Å². The number of carbonyl (C=O) groups is 2. The molecule has 0 saturated carbocycles. The second-order valence-corrected chi connectivity index (χ2v) is 10.6. The molecule has 7 heteroatoms. The number of ether oxygens (including phenoxy) is 2. The molecule has 1 aromatic rings. The van der Waals surface area contributed by atoms with Crippen LogP contribution >= 0.6 is 0 Å². The number of methoxy groups -OCH3 is 1. The second kappa shape index (κ2) is 11.3. The predicted octanol–water partition coefficient (Wildman–Crippen LogP) is 4.40. The molecule has 0 radical (unpaired) electrons. The molecular formula is C28H43N3O4. The van der Waals surface area contributed by atoms with Gasteiger partial charge >= 0.3 is 6.09 Å². The summed E-state index contributed by atoms with van der Waals surface area (Å²) in [5.41, 5.74) is 2.61. The summed E-state index contributed by atoms with van der Waals surface area (Å²) in [6.07, 6.45) is 6.81. The van der Waals surface area contributed by atoms with Crippen LogP contribution in [0.15, 0.2) is 18.2 Å². The first kappa shape index (κ1) is 26.0. The molecule has 35 heavy (non-hydrogen) atoms. The number of likely N-dealkylation sites (tertiary alicyclic amines) is 2. The average molecular weight is 486 g/mol. The van der Waals surface area contributed by atoms with Gasteiger partial charge in [0.1, 0.15) is 5.60 Å². The van der Waals surface area contributed by atoms with E-state index in [1.165, 1.54) is 0 Å². The van der Waals surface area contributed by atoms with Crippen molar-refractivity contribution >= 4 is 12.0 Å². The third kappa shape index (κ3) is 5.36. The van der Waals surface area contributed by atoms with Gasteiger partial charge < -0.3 is 14.4 Å². The standard InChI is InChI=1S/C28H43N3O4/c1-5-6-10-24-28(35-27(33)31(24)19-20-34-4)13-17-29(18-14-28)23-11-15-30(16-12-23)26(32)25-21(2)8-7-9-22(25)3/h7-9,23-24H,5-6,10-20H2,1-4H3. The molecule has 194 valence electrons. The van der Waals surface area contributed by atoms with Crippen LogP contribution in [0.25, 0.3) is 0 Å². The molecule has 3 aliphatic heterocycles. The van der Waals surface area contributed by atoms with E-state index in [0.29, 0.717) is 19.2 Å². The van der Waals surface area contributed by atoms with Crippen molar-refractivity contribution in [2.45, 2.75) is 83.4 Å². The Kier molecular flexibility index (Phi) is 8.38. The van der Waals surface area contributed by atoms with Gasteiger partial charge in [0, 0.05) is 64.3 Å². The maximum absolute atomic E-state index is 13.2. The topological polar surface area (TPSA) is 62.3 Å². The Balaban J connectivity index is 1.34. The summed E-state index contributed by atoms with van der Waals surface area (Å²) < 4.78 is 11.4. The minimum atomic E-state index is -0.366. The number of amides is 2. The molecule has 3 fully saturated rings. The first-order valence-electron chi connectivity index (χ1n) is 13.5. The molecule has 3 aliphatic rings. The van der Waals surface area contributed by atoms with E-state index < -0.39 is 0 Å². The first-order valence-corrected chi connectivity index (χ1v) is 13.5. The smallest absolute Gasteiger partial charge is 0.410 e. The molecule has 4 rings (SSSR count). The zero-order valence-electron chi connectivity index (χ0n) is 22.1. The summed E-state index contributed by atoms with van der Waals surface area (Å²) in [5.74, 6) is 0.171. The van der Waals surface area contributed by atoms with Crippen molar-refractivity contribution in [1.82, 2.24) is 14.7 Å². The van der Waals surface area contributed by atoms with Crippen molar-refractivity contribution in [3.05, 3.63) is 34.9 Å². The van der Waals surface area contributed by atoms with E-state index in [1.54, 1.807) is 7.11 Å². The summed E-state index contributed by atoms with van der Waals surface area (Å²) >= 11 is 0. The van der Waals surface area contributed by atoms with Gasteiger partial charge in [-0.1, -0.05) is 38.0 Å². The lowest BCUT2D eigenvalue weighted by atomic mass is 9.81. The molecule has 0 N–H and O–H groups in total. The highest BCUT2D eigenvalue weighted by atomic mass is 16.6. The van der Waals surface area contributed by atoms with Crippen LogP contribution in [0, 0.1) is 13.8 Å². The van der Waals surface area contributed by atoms with Crippen molar-refractivity contribution in [3.8, 4) is 0 Å². The molecular weight excluding hydrogens is 442 g/mol. The van der Waals surface area contributed by atoms with Crippen LogP contribution in [0.2, 0.25) is 0 Å². The zero-order chi connectivity index (χ0) is 25.0. The number of hydrogen-bond acceptors (Lipinski definition) is 5. The van der Waals surface area contributed by atoms with Gasteiger partial charge in [0.05, 0.1) is 12.6 Å². The van der Waals surface area contributed by atoms with Gasteiger partial charge in [-0.3, -0.25) is 14.6 Å². The highest BCUT2D eigenvalue weighted by Gasteiger charge is 2.54. The number of rotatable bonds is 8. The maximum atomic E-state index is 13.2. The lowest BCUT2D eigenvalue weighted by molar-refractivity contribution is -0.0385. The number of benzene rings is 1. The number of unbranched alkanes of at least 4 members (excludes halogenated alkanes) is 1. The molecule has 3 heterocycles. The third-order valence-corrected chi connectivity index (χ3v) is 8.48. The summed E-state index contributed by atoms with van der Waals surface area (Å²) in [6.45, 7) is 10.9. The van der Waals surface area contributed by atoms with E-state index in [2.05, 4.69) is 11.8 Å². The molecule has 2 amide bonds. The normalized spacial score (nSPS) is 23.2. The number of piperidine rings is 2.